The van der Waals surface area contributed by atoms with E-state index in [2.05, 4.69) is 15.5 Å². The van der Waals surface area contributed by atoms with Gasteiger partial charge in [-0.3, -0.25) is 14.3 Å². The normalized spacial score (nSPS) is 11.1. The van der Waals surface area contributed by atoms with Gasteiger partial charge in [0.1, 0.15) is 17.3 Å². The van der Waals surface area contributed by atoms with Crippen molar-refractivity contribution in [3.63, 3.8) is 0 Å². The minimum Gasteiger partial charge on any atom is -0.493 e. The molecule has 1 N–H and O–H groups in total. The van der Waals surface area contributed by atoms with Crippen LogP contribution in [0.2, 0.25) is 5.02 Å². The largest absolute Gasteiger partial charge is 0.493 e. The standard InChI is InChI=1S/C26H29ClN6O3S/c1-17-15-19(27)12-13-21(17)36-14-8-11-22-29-30-26(31(22)3)37-16-23(34)28-24-18(2)32(4)33(25(24)35)20-9-6-5-7-10-20/h5-7,9-10,12-13,15H,8,11,14,16H2,1-4H3,(H,28,34). The molecule has 0 fully saturated rings. The lowest BCUT2D eigenvalue weighted by molar-refractivity contribution is -0.113. The molecule has 2 aromatic carbocycles. The molecule has 0 bridgehead atoms. The van der Waals surface area contributed by atoms with E-state index in [1.165, 1.54) is 16.4 Å². The summed E-state index contributed by atoms with van der Waals surface area (Å²) in [6, 6.07) is 14.9. The predicted molar refractivity (Wildman–Crippen MR) is 146 cm³/mol. The third-order valence-electron chi connectivity index (χ3n) is 6.02. The number of nitrogens with one attached hydrogen (secondary N) is 1. The summed E-state index contributed by atoms with van der Waals surface area (Å²) in [5, 5.41) is 12.6. The Labute approximate surface area is 224 Å². The Hall–Kier alpha value is -3.50. The van der Waals surface area contributed by atoms with Gasteiger partial charge in [-0.2, -0.15) is 0 Å². The number of benzene rings is 2. The number of aryl methyl sites for hydroxylation is 2. The average Bonchev–Trinajstić information content (AvgIpc) is 3.33. The summed E-state index contributed by atoms with van der Waals surface area (Å²) >= 11 is 7.26. The molecular formula is C26H29ClN6O3S. The molecule has 194 valence electrons. The van der Waals surface area contributed by atoms with Gasteiger partial charge in [0.2, 0.25) is 5.91 Å². The Morgan fingerprint density at radius 3 is 2.59 bits per heavy atom. The van der Waals surface area contributed by atoms with Crippen LogP contribution in [-0.2, 0) is 25.3 Å². The van der Waals surface area contributed by atoms with E-state index in [0.29, 0.717) is 28.9 Å². The van der Waals surface area contributed by atoms with Gasteiger partial charge in [0.25, 0.3) is 5.56 Å². The molecule has 0 aliphatic carbocycles. The Morgan fingerprint density at radius 1 is 1.11 bits per heavy atom. The van der Waals surface area contributed by atoms with Gasteiger partial charge in [-0.1, -0.05) is 41.6 Å². The van der Waals surface area contributed by atoms with Gasteiger partial charge in [0.15, 0.2) is 5.16 Å². The Bertz CT molecular complexity index is 1460. The lowest BCUT2D eigenvalue weighted by Crippen LogP contribution is -2.23. The summed E-state index contributed by atoms with van der Waals surface area (Å²) in [5.41, 5.74) is 2.39. The molecule has 4 rings (SSSR count). The van der Waals surface area contributed by atoms with Crippen molar-refractivity contribution in [1.82, 2.24) is 24.1 Å². The third-order valence-corrected chi connectivity index (χ3v) is 7.27. The number of nitrogens with zero attached hydrogens (tertiary/aromatic N) is 5. The maximum absolute atomic E-state index is 13.0. The van der Waals surface area contributed by atoms with Crippen LogP contribution in [0, 0.1) is 13.8 Å². The zero-order valence-electron chi connectivity index (χ0n) is 21.2. The fraction of sp³-hybridized carbons (Fsp3) is 0.308. The molecule has 0 saturated carbocycles. The average molecular weight is 541 g/mol. The van der Waals surface area contributed by atoms with Gasteiger partial charge in [0, 0.05) is 25.5 Å². The van der Waals surface area contributed by atoms with Crippen molar-refractivity contribution in [2.45, 2.75) is 31.8 Å². The molecule has 11 heteroatoms. The molecule has 0 aliphatic heterocycles. The SMILES string of the molecule is Cc1cc(Cl)ccc1OCCCc1nnc(SCC(=O)Nc2c(C)n(C)n(-c3ccccc3)c2=O)n1C. The lowest BCUT2D eigenvalue weighted by atomic mass is 10.2. The van der Waals surface area contributed by atoms with E-state index in [0.717, 1.165) is 29.2 Å². The molecule has 0 radical (unpaired) electrons. The highest BCUT2D eigenvalue weighted by Gasteiger charge is 2.19. The van der Waals surface area contributed by atoms with Gasteiger partial charge >= 0.3 is 0 Å². The maximum Gasteiger partial charge on any atom is 0.295 e. The fourth-order valence-electron chi connectivity index (χ4n) is 3.89. The third kappa shape index (κ3) is 6.08. The number of aromatic nitrogens is 5. The Balaban J connectivity index is 1.31. The molecule has 0 spiro atoms. The van der Waals surface area contributed by atoms with Crippen LogP contribution in [0.3, 0.4) is 0 Å². The van der Waals surface area contributed by atoms with Crippen LogP contribution in [0.1, 0.15) is 23.5 Å². The summed E-state index contributed by atoms with van der Waals surface area (Å²) in [7, 11) is 3.66. The number of rotatable bonds is 10. The first-order valence-electron chi connectivity index (χ1n) is 11.8. The van der Waals surface area contributed by atoms with Crippen molar-refractivity contribution in [3.8, 4) is 11.4 Å². The highest BCUT2D eigenvalue weighted by atomic mass is 35.5. The van der Waals surface area contributed by atoms with Crippen molar-refractivity contribution in [3.05, 3.63) is 81.0 Å². The van der Waals surface area contributed by atoms with Crippen molar-refractivity contribution >= 4 is 35.0 Å². The quantitative estimate of drug-likeness (QED) is 0.238. The lowest BCUT2D eigenvalue weighted by Gasteiger charge is -2.09. The predicted octanol–water partition coefficient (Wildman–Crippen LogP) is 4.32. The minimum atomic E-state index is -0.285. The molecule has 0 atom stereocenters. The van der Waals surface area contributed by atoms with Gasteiger partial charge in [-0.05, 0) is 56.2 Å². The first-order valence-corrected chi connectivity index (χ1v) is 13.2. The molecule has 9 nitrogen and oxygen atoms in total. The number of para-hydroxylation sites is 1. The van der Waals surface area contributed by atoms with Gasteiger partial charge in [-0.25, -0.2) is 4.68 Å². The number of halogens is 1. The topological polar surface area (TPSA) is 96.0 Å². The van der Waals surface area contributed by atoms with Crippen molar-refractivity contribution in [2.24, 2.45) is 14.1 Å². The number of carbonyl (C=O) groups excluding carboxylic acids is 1. The van der Waals surface area contributed by atoms with Crippen LogP contribution >= 0.6 is 23.4 Å². The van der Waals surface area contributed by atoms with Crippen LogP contribution in [0.5, 0.6) is 5.75 Å². The van der Waals surface area contributed by atoms with E-state index in [1.807, 2.05) is 67.1 Å². The smallest absolute Gasteiger partial charge is 0.295 e. The van der Waals surface area contributed by atoms with Crippen LogP contribution in [0.4, 0.5) is 5.69 Å². The minimum absolute atomic E-state index is 0.101. The molecule has 0 aliphatic rings. The van der Waals surface area contributed by atoms with E-state index >= 15 is 0 Å². The van der Waals surface area contributed by atoms with E-state index in [1.54, 1.807) is 18.7 Å². The van der Waals surface area contributed by atoms with Crippen LogP contribution in [0.25, 0.3) is 5.69 Å². The zero-order valence-corrected chi connectivity index (χ0v) is 22.8. The second-order valence-electron chi connectivity index (χ2n) is 8.59. The number of hydrogen-bond acceptors (Lipinski definition) is 6. The Morgan fingerprint density at radius 2 is 1.86 bits per heavy atom. The molecule has 0 saturated heterocycles. The monoisotopic (exact) mass is 540 g/mol. The van der Waals surface area contributed by atoms with Gasteiger partial charge < -0.3 is 14.6 Å². The van der Waals surface area contributed by atoms with E-state index in [4.69, 9.17) is 16.3 Å². The second kappa shape index (κ2) is 11.7. The van der Waals surface area contributed by atoms with E-state index < -0.39 is 0 Å². The van der Waals surface area contributed by atoms with Gasteiger partial charge in [-0.15, -0.1) is 10.2 Å². The number of anilines is 1. The summed E-state index contributed by atoms with van der Waals surface area (Å²) < 4.78 is 11.0. The molecular weight excluding hydrogens is 512 g/mol. The summed E-state index contributed by atoms with van der Waals surface area (Å²) in [4.78, 5) is 25.7. The Kier molecular flexibility index (Phi) is 8.40. The van der Waals surface area contributed by atoms with Crippen molar-refractivity contribution in [1.29, 1.82) is 0 Å². The number of ether oxygens (including phenoxy) is 1. The molecule has 0 unspecified atom stereocenters. The molecule has 1 amide bonds. The molecule has 2 heterocycles. The number of amides is 1. The van der Waals surface area contributed by atoms with Crippen LogP contribution < -0.4 is 15.6 Å². The van der Waals surface area contributed by atoms with Gasteiger partial charge in [0.05, 0.1) is 23.7 Å². The van der Waals surface area contributed by atoms with Crippen LogP contribution in [-0.4, -0.2) is 42.4 Å². The van der Waals surface area contributed by atoms with Crippen LogP contribution in [0.15, 0.2) is 58.5 Å². The summed E-state index contributed by atoms with van der Waals surface area (Å²) in [5.74, 6) is 1.44. The first kappa shape index (κ1) is 26.6. The molecule has 4 aromatic rings. The highest BCUT2D eigenvalue weighted by molar-refractivity contribution is 7.99. The number of thioether (sulfide) groups is 1. The summed E-state index contributed by atoms with van der Waals surface area (Å²) in [6.07, 6.45) is 1.45. The number of hydrogen-bond donors (Lipinski definition) is 1. The number of carbonyl (C=O) groups is 1. The molecule has 2 aromatic heterocycles. The maximum atomic E-state index is 13.0. The zero-order chi connectivity index (χ0) is 26.5. The van der Waals surface area contributed by atoms with Crippen molar-refractivity contribution in [2.75, 3.05) is 17.7 Å². The summed E-state index contributed by atoms with van der Waals surface area (Å²) in [6.45, 7) is 4.30. The first-order chi connectivity index (χ1) is 17.8. The van der Waals surface area contributed by atoms with Crippen molar-refractivity contribution < 1.29 is 9.53 Å². The van der Waals surface area contributed by atoms with E-state index in [-0.39, 0.29) is 22.9 Å². The fourth-order valence-corrected chi connectivity index (χ4v) is 4.85. The molecule has 37 heavy (non-hydrogen) atoms. The second-order valence-corrected chi connectivity index (χ2v) is 9.97. The van der Waals surface area contributed by atoms with E-state index in [9.17, 15) is 9.59 Å². The highest BCUT2D eigenvalue weighted by Crippen LogP contribution is 2.22.